The van der Waals surface area contributed by atoms with Crippen LogP contribution in [0.5, 0.6) is 0 Å². The van der Waals surface area contributed by atoms with Gasteiger partial charge in [0.05, 0.1) is 18.5 Å². The largest absolute Gasteiger partial charge is 0.367 e. The van der Waals surface area contributed by atoms with Gasteiger partial charge < -0.3 is 9.64 Å². The molecular formula is C25H27N3O3. The Balaban J connectivity index is 1.55. The Kier molecular flexibility index (Phi) is 4.89. The van der Waals surface area contributed by atoms with Crippen molar-refractivity contribution in [2.75, 3.05) is 19.7 Å². The van der Waals surface area contributed by atoms with E-state index in [2.05, 4.69) is 23.3 Å². The Labute approximate surface area is 181 Å². The molecule has 1 atom stereocenters. The summed E-state index contributed by atoms with van der Waals surface area (Å²) in [5, 5.41) is 5.70. The van der Waals surface area contributed by atoms with E-state index in [0.717, 1.165) is 12.8 Å². The summed E-state index contributed by atoms with van der Waals surface area (Å²) in [6, 6.07) is 15.6. The molecule has 1 aliphatic carbocycles. The van der Waals surface area contributed by atoms with Gasteiger partial charge in [0.1, 0.15) is 5.60 Å². The fourth-order valence-corrected chi connectivity index (χ4v) is 4.94. The third kappa shape index (κ3) is 3.35. The van der Waals surface area contributed by atoms with Crippen molar-refractivity contribution in [3.63, 3.8) is 0 Å². The van der Waals surface area contributed by atoms with Crippen molar-refractivity contribution in [1.29, 1.82) is 0 Å². The Morgan fingerprint density at radius 3 is 2.68 bits per heavy atom. The third-order valence-corrected chi connectivity index (χ3v) is 6.39. The second-order valence-electron chi connectivity index (χ2n) is 9.00. The van der Waals surface area contributed by atoms with Crippen LogP contribution in [0.4, 0.5) is 0 Å². The number of hydrogen-bond acceptors (Lipinski definition) is 4. The van der Waals surface area contributed by atoms with Crippen LogP contribution in [0.1, 0.15) is 41.9 Å². The number of benzene rings is 2. The standard InChI is InChI=1S/C25H27N3O3/c1-17(2)15-28-23(29)20-9-5-4-8-19(20)22(26-28)24(30)27-13-14-31-25(16-27)12-11-18-7-3-6-10-21(18)25/h3-10,17H,11-16H2,1-2H3. The Morgan fingerprint density at radius 1 is 1.13 bits per heavy atom. The van der Waals surface area contributed by atoms with E-state index in [1.807, 2.05) is 43.0 Å². The number of ether oxygens (including phenoxy) is 1. The SMILES string of the molecule is CC(C)Cn1nc(C(=O)N2CCOC3(CCc4ccccc43)C2)c2ccccc2c1=O. The lowest BCUT2D eigenvalue weighted by Gasteiger charge is -2.41. The van der Waals surface area contributed by atoms with Crippen LogP contribution >= 0.6 is 0 Å². The molecule has 1 unspecified atom stereocenters. The van der Waals surface area contributed by atoms with Crippen LogP contribution in [0.15, 0.2) is 53.3 Å². The monoisotopic (exact) mass is 417 g/mol. The van der Waals surface area contributed by atoms with Gasteiger partial charge in [-0.1, -0.05) is 56.3 Å². The normalized spacial score (nSPS) is 20.5. The topological polar surface area (TPSA) is 64.4 Å². The van der Waals surface area contributed by atoms with Crippen molar-refractivity contribution >= 4 is 16.7 Å². The summed E-state index contributed by atoms with van der Waals surface area (Å²) in [6.07, 6.45) is 1.83. The summed E-state index contributed by atoms with van der Waals surface area (Å²) in [6.45, 7) is 6.06. The number of morpholine rings is 1. The van der Waals surface area contributed by atoms with Gasteiger partial charge in [-0.15, -0.1) is 0 Å². The van der Waals surface area contributed by atoms with E-state index < -0.39 is 5.60 Å². The number of nitrogens with zero attached hydrogens (tertiary/aromatic N) is 3. The minimum Gasteiger partial charge on any atom is -0.367 e. The van der Waals surface area contributed by atoms with Gasteiger partial charge in [0, 0.05) is 18.5 Å². The van der Waals surface area contributed by atoms with Crippen LogP contribution in [-0.4, -0.2) is 40.3 Å². The van der Waals surface area contributed by atoms with E-state index in [1.54, 1.807) is 6.07 Å². The smallest absolute Gasteiger partial charge is 0.275 e. The van der Waals surface area contributed by atoms with Crippen molar-refractivity contribution in [2.45, 2.75) is 38.8 Å². The minimum atomic E-state index is -0.452. The molecule has 2 heterocycles. The Morgan fingerprint density at radius 2 is 1.87 bits per heavy atom. The van der Waals surface area contributed by atoms with Gasteiger partial charge in [0.15, 0.2) is 5.69 Å². The van der Waals surface area contributed by atoms with Gasteiger partial charge in [-0.3, -0.25) is 9.59 Å². The third-order valence-electron chi connectivity index (χ3n) is 6.39. The van der Waals surface area contributed by atoms with Crippen LogP contribution < -0.4 is 5.56 Å². The number of aromatic nitrogens is 2. The summed E-state index contributed by atoms with van der Waals surface area (Å²) in [7, 11) is 0. The van der Waals surface area contributed by atoms with Crippen molar-refractivity contribution in [3.05, 3.63) is 75.7 Å². The zero-order valence-corrected chi connectivity index (χ0v) is 18.0. The van der Waals surface area contributed by atoms with Gasteiger partial charge in [-0.25, -0.2) is 4.68 Å². The fraction of sp³-hybridized carbons (Fsp3) is 0.400. The highest BCUT2D eigenvalue weighted by Gasteiger charge is 2.44. The maximum absolute atomic E-state index is 13.7. The van der Waals surface area contributed by atoms with E-state index in [9.17, 15) is 9.59 Å². The maximum Gasteiger partial charge on any atom is 0.275 e. The molecule has 1 fully saturated rings. The number of aryl methyl sites for hydroxylation is 1. The van der Waals surface area contributed by atoms with E-state index >= 15 is 0 Å². The summed E-state index contributed by atoms with van der Waals surface area (Å²) >= 11 is 0. The number of hydrogen-bond donors (Lipinski definition) is 0. The second kappa shape index (κ2) is 7.61. The van der Waals surface area contributed by atoms with Crippen molar-refractivity contribution in [3.8, 4) is 0 Å². The van der Waals surface area contributed by atoms with Crippen molar-refractivity contribution < 1.29 is 9.53 Å². The molecule has 1 spiro atoms. The molecule has 0 bridgehead atoms. The van der Waals surface area contributed by atoms with Crippen LogP contribution in [0.25, 0.3) is 10.8 Å². The van der Waals surface area contributed by atoms with Crippen LogP contribution in [0.2, 0.25) is 0 Å². The van der Waals surface area contributed by atoms with Gasteiger partial charge in [-0.2, -0.15) is 5.10 Å². The van der Waals surface area contributed by atoms with Gasteiger partial charge >= 0.3 is 0 Å². The molecule has 0 radical (unpaired) electrons. The molecule has 160 valence electrons. The molecule has 1 saturated heterocycles. The van der Waals surface area contributed by atoms with E-state index in [1.165, 1.54) is 15.8 Å². The summed E-state index contributed by atoms with van der Waals surface area (Å²) in [5.41, 5.74) is 2.23. The zero-order valence-electron chi connectivity index (χ0n) is 18.0. The number of fused-ring (bicyclic) bond motifs is 3. The van der Waals surface area contributed by atoms with Crippen LogP contribution in [0.3, 0.4) is 0 Å². The maximum atomic E-state index is 13.7. The predicted molar refractivity (Wildman–Crippen MR) is 119 cm³/mol. The first-order valence-electron chi connectivity index (χ1n) is 11.0. The molecule has 3 aromatic rings. The van der Waals surface area contributed by atoms with E-state index in [4.69, 9.17) is 4.74 Å². The highest BCUT2D eigenvalue weighted by atomic mass is 16.5. The quantitative estimate of drug-likeness (QED) is 0.656. The van der Waals surface area contributed by atoms with Crippen LogP contribution in [0, 0.1) is 5.92 Å². The molecule has 1 amide bonds. The van der Waals surface area contributed by atoms with Gasteiger partial charge in [0.2, 0.25) is 0 Å². The lowest BCUT2D eigenvalue weighted by Crippen LogP contribution is -2.51. The van der Waals surface area contributed by atoms with Gasteiger partial charge in [0.25, 0.3) is 11.5 Å². The first kappa shape index (κ1) is 19.9. The fourth-order valence-electron chi connectivity index (χ4n) is 4.94. The average molecular weight is 418 g/mol. The number of carbonyl (C=O) groups excluding carboxylic acids is 1. The number of amides is 1. The minimum absolute atomic E-state index is 0.138. The summed E-state index contributed by atoms with van der Waals surface area (Å²) in [5.74, 6) is 0.108. The second-order valence-corrected chi connectivity index (χ2v) is 9.00. The summed E-state index contributed by atoms with van der Waals surface area (Å²) < 4.78 is 7.73. The molecule has 0 N–H and O–H groups in total. The zero-order chi connectivity index (χ0) is 21.6. The number of rotatable bonds is 3. The molecule has 0 saturated carbocycles. The summed E-state index contributed by atoms with van der Waals surface area (Å²) in [4.78, 5) is 28.5. The lowest BCUT2D eigenvalue weighted by molar-refractivity contribution is -0.104. The molecule has 1 aliphatic heterocycles. The molecule has 6 nitrogen and oxygen atoms in total. The average Bonchev–Trinajstić information content (AvgIpc) is 3.13. The Bertz CT molecular complexity index is 1210. The predicted octanol–water partition coefficient (Wildman–Crippen LogP) is 3.37. The molecule has 5 rings (SSSR count). The molecule has 1 aromatic heterocycles. The Hall–Kier alpha value is -2.99. The lowest BCUT2D eigenvalue weighted by atomic mass is 9.93. The molecule has 2 aromatic carbocycles. The molecular weight excluding hydrogens is 390 g/mol. The van der Waals surface area contributed by atoms with E-state index in [-0.39, 0.29) is 17.4 Å². The van der Waals surface area contributed by atoms with E-state index in [0.29, 0.717) is 42.7 Å². The highest BCUT2D eigenvalue weighted by molar-refractivity contribution is 6.04. The first-order valence-corrected chi connectivity index (χ1v) is 11.0. The van der Waals surface area contributed by atoms with Crippen LogP contribution in [-0.2, 0) is 23.3 Å². The number of carbonyl (C=O) groups is 1. The first-order chi connectivity index (χ1) is 15.0. The van der Waals surface area contributed by atoms with Gasteiger partial charge in [-0.05, 0) is 36.0 Å². The highest BCUT2D eigenvalue weighted by Crippen LogP contribution is 2.42. The molecule has 31 heavy (non-hydrogen) atoms. The van der Waals surface area contributed by atoms with Crippen molar-refractivity contribution in [2.24, 2.45) is 5.92 Å². The van der Waals surface area contributed by atoms with Crippen molar-refractivity contribution in [1.82, 2.24) is 14.7 Å². The molecule has 2 aliphatic rings. The molecule has 6 heteroatoms.